The summed E-state index contributed by atoms with van der Waals surface area (Å²) in [7, 11) is 0. The number of carbonyl (C=O) groups excluding carboxylic acids is 1. The van der Waals surface area contributed by atoms with E-state index in [-0.39, 0.29) is 5.91 Å². The molecule has 2 heterocycles. The van der Waals surface area contributed by atoms with Gasteiger partial charge in [0.2, 0.25) is 0 Å². The van der Waals surface area contributed by atoms with Crippen molar-refractivity contribution in [3.05, 3.63) is 53.7 Å². The Morgan fingerprint density at radius 3 is 2.48 bits per heavy atom. The zero-order chi connectivity index (χ0) is 19.9. The van der Waals surface area contributed by atoms with E-state index < -0.39 is 0 Å². The smallest absolute Gasteiger partial charge is 0.276 e. The highest BCUT2D eigenvalue weighted by molar-refractivity contribution is 6.02. The van der Waals surface area contributed by atoms with Crippen LogP contribution >= 0.6 is 0 Å². The molecule has 2 N–H and O–H groups in total. The van der Waals surface area contributed by atoms with Crippen LogP contribution in [-0.2, 0) is 0 Å². The van der Waals surface area contributed by atoms with Crippen molar-refractivity contribution in [3.63, 3.8) is 0 Å². The van der Waals surface area contributed by atoms with Gasteiger partial charge in [-0.05, 0) is 81.3 Å². The van der Waals surface area contributed by atoms with E-state index in [1.807, 2.05) is 18.2 Å². The van der Waals surface area contributed by atoms with Gasteiger partial charge >= 0.3 is 0 Å². The lowest BCUT2D eigenvalue weighted by atomic mass is 9.97. The molecule has 1 saturated heterocycles. The van der Waals surface area contributed by atoms with Crippen molar-refractivity contribution >= 4 is 23.1 Å². The molecule has 0 radical (unpaired) electrons. The topological polar surface area (TPSA) is 70.2 Å². The molecular formula is C23H29N5O. The molecule has 0 saturated carbocycles. The van der Waals surface area contributed by atoms with Gasteiger partial charge < -0.3 is 15.5 Å². The highest BCUT2D eigenvalue weighted by Gasteiger charge is 2.13. The number of hydrogen-bond donors (Lipinski definition) is 2. The third-order valence-electron chi connectivity index (χ3n) is 5.63. The van der Waals surface area contributed by atoms with E-state index in [4.69, 9.17) is 0 Å². The van der Waals surface area contributed by atoms with Gasteiger partial charge in [0.1, 0.15) is 5.82 Å². The Morgan fingerprint density at radius 2 is 1.79 bits per heavy atom. The van der Waals surface area contributed by atoms with Crippen LogP contribution in [0.2, 0.25) is 0 Å². The lowest BCUT2D eigenvalue weighted by molar-refractivity contribution is 0.102. The Bertz CT molecular complexity index is 839. The first kappa shape index (κ1) is 19.4. The van der Waals surface area contributed by atoms with E-state index in [2.05, 4.69) is 43.9 Å². The van der Waals surface area contributed by atoms with Crippen LogP contribution in [0.4, 0.5) is 17.2 Å². The molecule has 2 aliphatic rings. The average molecular weight is 392 g/mol. The Balaban J connectivity index is 1.26. The minimum absolute atomic E-state index is 0.245. The zero-order valence-electron chi connectivity index (χ0n) is 16.9. The van der Waals surface area contributed by atoms with Gasteiger partial charge in [0, 0.05) is 31.0 Å². The molecule has 1 aliphatic heterocycles. The van der Waals surface area contributed by atoms with Gasteiger partial charge in [0.15, 0.2) is 5.69 Å². The van der Waals surface area contributed by atoms with Gasteiger partial charge in [-0.15, -0.1) is 10.2 Å². The van der Waals surface area contributed by atoms with E-state index in [0.29, 0.717) is 11.5 Å². The summed E-state index contributed by atoms with van der Waals surface area (Å²) in [6, 6.07) is 11.5. The molecule has 0 bridgehead atoms. The highest BCUT2D eigenvalue weighted by atomic mass is 16.1. The van der Waals surface area contributed by atoms with Crippen molar-refractivity contribution in [3.8, 4) is 0 Å². The molecule has 1 aromatic carbocycles. The van der Waals surface area contributed by atoms with Crippen molar-refractivity contribution in [2.45, 2.75) is 44.9 Å². The standard InChI is InChI=1S/C23H29N5O/c29-23(25-19-8-10-20(11-9-19)28-16-4-5-17-28)21-12-13-22(27-26-21)24-15-14-18-6-2-1-3-7-18/h6,8-13H,1-5,7,14-17H2,(H,24,27)(H,25,29). The van der Waals surface area contributed by atoms with Crippen LogP contribution in [0.5, 0.6) is 0 Å². The van der Waals surface area contributed by atoms with Gasteiger partial charge in [-0.3, -0.25) is 4.79 Å². The first-order chi connectivity index (χ1) is 14.3. The number of rotatable bonds is 7. The summed E-state index contributed by atoms with van der Waals surface area (Å²) >= 11 is 0. The van der Waals surface area contributed by atoms with E-state index >= 15 is 0 Å². The van der Waals surface area contributed by atoms with E-state index in [0.717, 1.165) is 31.7 Å². The molecule has 152 valence electrons. The summed E-state index contributed by atoms with van der Waals surface area (Å²) < 4.78 is 0. The summed E-state index contributed by atoms with van der Waals surface area (Å²) in [6.07, 6.45) is 10.9. The summed E-state index contributed by atoms with van der Waals surface area (Å²) in [5.74, 6) is 0.457. The molecule has 0 atom stereocenters. The van der Waals surface area contributed by atoms with Crippen LogP contribution in [0.3, 0.4) is 0 Å². The molecule has 1 aromatic heterocycles. The van der Waals surface area contributed by atoms with Crippen molar-refractivity contribution < 1.29 is 4.79 Å². The maximum absolute atomic E-state index is 12.4. The normalized spacial score (nSPS) is 16.4. The Kier molecular flexibility index (Phi) is 6.39. The number of aromatic nitrogens is 2. The third kappa shape index (κ3) is 5.34. The number of carbonyl (C=O) groups is 1. The quantitative estimate of drug-likeness (QED) is 0.673. The second-order valence-corrected chi connectivity index (χ2v) is 7.78. The zero-order valence-corrected chi connectivity index (χ0v) is 16.9. The lowest BCUT2D eigenvalue weighted by Crippen LogP contribution is -2.18. The van der Waals surface area contributed by atoms with E-state index in [9.17, 15) is 4.79 Å². The number of amides is 1. The van der Waals surface area contributed by atoms with Crippen molar-refractivity contribution in [1.82, 2.24) is 10.2 Å². The number of hydrogen-bond acceptors (Lipinski definition) is 5. The monoisotopic (exact) mass is 391 g/mol. The summed E-state index contributed by atoms with van der Waals surface area (Å²) in [5, 5.41) is 14.4. The molecule has 4 rings (SSSR count). The highest BCUT2D eigenvalue weighted by Crippen LogP contribution is 2.22. The van der Waals surface area contributed by atoms with Crippen LogP contribution in [0.1, 0.15) is 55.4 Å². The molecule has 29 heavy (non-hydrogen) atoms. The van der Waals surface area contributed by atoms with Crippen LogP contribution in [0, 0.1) is 0 Å². The number of nitrogens with zero attached hydrogens (tertiary/aromatic N) is 3. The fourth-order valence-corrected chi connectivity index (χ4v) is 3.96. The second-order valence-electron chi connectivity index (χ2n) is 7.78. The molecule has 6 nitrogen and oxygen atoms in total. The fraction of sp³-hybridized carbons (Fsp3) is 0.435. The number of benzene rings is 1. The van der Waals surface area contributed by atoms with Gasteiger partial charge in [-0.25, -0.2) is 0 Å². The van der Waals surface area contributed by atoms with E-state index in [1.165, 1.54) is 49.8 Å². The van der Waals surface area contributed by atoms with Gasteiger partial charge in [-0.2, -0.15) is 0 Å². The Hall–Kier alpha value is -2.89. The number of nitrogens with one attached hydrogen (secondary N) is 2. The number of allylic oxidation sites excluding steroid dienone is 1. The van der Waals surface area contributed by atoms with Gasteiger partial charge in [-0.1, -0.05) is 11.6 Å². The van der Waals surface area contributed by atoms with Crippen LogP contribution in [0.25, 0.3) is 0 Å². The van der Waals surface area contributed by atoms with Crippen molar-refractivity contribution in [2.24, 2.45) is 0 Å². The van der Waals surface area contributed by atoms with Crippen molar-refractivity contribution in [1.29, 1.82) is 0 Å². The van der Waals surface area contributed by atoms with Gasteiger partial charge in [0.25, 0.3) is 5.91 Å². The SMILES string of the molecule is O=C(Nc1ccc(N2CCCC2)cc1)c1ccc(NCCC2=CCCCC2)nn1. The third-order valence-corrected chi connectivity index (χ3v) is 5.63. The van der Waals surface area contributed by atoms with Crippen LogP contribution < -0.4 is 15.5 Å². The lowest BCUT2D eigenvalue weighted by Gasteiger charge is -2.17. The van der Waals surface area contributed by atoms with Crippen molar-refractivity contribution in [2.75, 3.05) is 35.2 Å². The summed E-state index contributed by atoms with van der Waals surface area (Å²) in [5.41, 5.74) is 3.82. The molecule has 0 unspecified atom stereocenters. The molecule has 2 aromatic rings. The fourth-order valence-electron chi connectivity index (χ4n) is 3.96. The Labute approximate surface area is 172 Å². The summed E-state index contributed by atoms with van der Waals surface area (Å²) in [6.45, 7) is 3.06. The predicted octanol–water partition coefficient (Wildman–Crippen LogP) is 4.63. The Morgan fingerprint density at radius 1 is 0.966 bits per heavy atom. The second kappa shape index (κ2) is 9.54. The molecule has 1 aliphatic carbocycles. The maximum Gasteiger partial charge on any atom is 0.276 e. The molecule has 6 heteroatoms. The molecule has 0 spiro atoms. The number of anilines is 3. The minimum atomic E-state index is -0.245. The molecule has 1 amide bonds. The van der Waals surface area contributed by atoms with Crippen LogP contribution in [0.15, 0.2) is 48.0 Å². The van der Waals surface area contributed by atoms with E-state index in [1.54, 1.807) is 6.07 Å². The maximum atomic E-state index is 12.4. The first-order valence-electron chi connectivity index (χ1n) is 10.7. The molecule has 1 fully saturated rings. The molecular weight excluding hydrogens is 362 g/mol. The minimum Gasteiger partial charge on any atom is -0.372 e. The van der Waals surface area contributed by atoms with Crippen LogP contribution in [-0.4, -0.2) is 35.7 Å². The average Bonchev–Trinajstić information content (AvgIpc) is 3.30. The predicted molar refractivity (Wildman–Crippen MR) is 118 cm³/mol. The van der Waals surface area contributed by atoms with Gasteiger partial charge in [0.05, 0.1) is 0 Å². The largest absolute Gasteiger partial charge is 0.372 e. The summed E-state index contributed by atoms with van der Waals surface area (Å²) in [4.78, 5) is 14.8. The first-order valence-corrected chi connectivity index (χ1v) is 10.7.